The minimum atomic E-state index is -2.18. The van der Waals surface area contributed by atoms with Crippen LogP contribution in [0.25, 0.3) is 0 Å². The van der Waals surface area contributed by atoms with Crippen LogP contribution in [0, 0.1) is 11.8 Å². The van der Waals surface area contributed by atoms with E-state index in [1.54, 1.807) is 6.08 Å². The summed E-state index contributed by atoms with van der Waals surface area (Å²) in [5.74, 6) is -4.97. The van der Waals surface area contributed by atoms with E-state index in [1.165, 1.54) is 6.92 Å². The third-order valence-corrected chi connectivity index (χ3v) is 8.10. The van der Waals surface area contributed by atoms with E-state index in [4.69, 9.17) is 0 Å². The van der Waals surface area contributed by atoms with Crippen molar-refractivity contribution in [2.24, 2.45) is 11.8 Å². The fourth-order valence-electron chi connectivity index (χ4n) is 5.09. The molecule has 3 unspecified atom stereocenters. The Morgan fingerprint density at radius 1 is 1.29 bits per heavy atom. The maximum Gasteiger partial charge on any atom is 0.327 e. The lowest BCUT2D eigenvalue weighted by Gasteiger charge is -2.45. The molecule has 35 heavy (non-hydrogen) atoms. The molecule has 198 valence electrons. The number of unbranched alkanes of at least 4 members (excludes halogenated alkanes) is 2. The number of rotatable bonds is 12. The van der Waals surface area contributed by atoms with Crippen LogP contribution in [0.2, 0.25) is 0 Å². The summed E-state index contributed by atoms with van der Waals surface area (Å²) in [6.45, 7) is 4.40. The molecule has 2 rings (SSSR count). The van der Waals surface area contributed by atoms with Crippen molar-refractivity contribution in [2.75, 3.05) is 5.75 Å². The van der Waals surface area contributed by atoms with E-state index in [2.05, 4.69) is 10.6 Å². The van der Waals surface area contributed by atoms with Gasteiger partial charge in [-0.15, -0.1) is 0 Å². The first kappa shape index (κ1) is 29.3. The predicted molar refractivity (Wildman–Crippen MR) is 130 cm³/mol. The van der Waals surface area contributed by atoms with Gasteiger partial charge in [0.1, 0.15) is 11.6 Å². The van der Waals surface area contributed by atoms with Gasteiger partial charge in [0.2, 0.25) is 16.9 Å². The fraction of sp³-hybridized carbons (Fsp3) is 0.750. The molecule has 0 spiro atoms. The Kier molecular flexibility index (Phi) is 10.3. The SMILES string of the molecule is CCCCCC(O)[C@H]1C(=O)N[C@](C(=O)SCC(NC(C)=O)C(=O)O)(C(O)[C@@H]2C=CCCC2)[C@@]1(C)O. The zero-order valence-corrected chi connectivity index (χ0v) is 21.3. The molecule has 2 aliphatic rings. The van der Waals surface area contributed by atoms with E-state index in [0.717, 1.165) is 32.6 Å². The van der Waals surface area contributed by atoms with Crippen LogP contribution in [0.4, 0.5) is 0 Å². The third-order valence-electron chi connectivity index (χ3n) is 7.01. The average Bonchev–Trinajstić information content (AvgIpc) is 3.01. The van der Waals surface area contributed by atoms with Gasteiger partial charge < -0.3 is 31.1 Å². The van der Waals surface area contributed by atoms with Crippen LogP contribution in [0.1, 0.15) is 65.7 Å². The molecule has 0 bridgehead atoms. The topological polar surface area (TPSA) is 173 Å². The second-order valence-corrected chi connectivity index (χ2v) is 10.6. The molecule has 10 nitrogen and oxygen atoms in total. The third kappa shape index (κ3) is 6.25. The Morgan fingerprint density at radius 2 is 1.97 bits per heavy atom. The molecule has 1 heterocycles. The van der Waals surface area contributed by atoms with E-state index in [0.29, 0.717) is 24.6 Å². The molecule has 0 aromatic carbocycles. The lowest BCUT2D eigenvalue weighted by Crippen LogP contribution is -2.70. The minimum absolute atomic E-state index is 0.239. The van der Waals surface area contributed by atoms with Crippen molar-refractivity contribution < 1.29 is 39.6 Å². The summed E-state index contributed by atoms with van der Waals surface area (Å²) in [5.41, 5.74) is -4.35. The largest absolute Gasteiger partial charge is 0.480 e. The molecule has 0 aromatic heterocycles. The van der Waals surface area contributed by atoms with Crippen molar-refractivity contribution in [2.45, 2.75) is 95.1 Å². The molecule has 7 atom stereocenters. The number of carboxylic acid groups (broad SMARTS) is 1. The highest BCUT2D eigenvalue weighted by Gasteiger charge is 2.70. The van der Waals surface area contributed by atoms with Gasteiger partial charge in [0.15, 0.2) is 5.54 Å². The first-order valence-corrected chi connectivity index (χ1v) is 13.1. The van der Waals surface area contributed by atoms with Gasteiger partial charge in [-0.25, -0.2) is 4.79 Å². The highest BCUT2D eigenvalue weighted by molar-refractivity contribution is 8.13. The predicted octanol–water partition coefficient (Wildman–Crippen LogP) is 0.730. The number of amides is 2. The number of carbonyl (C=O) groups excluding carboxylic acids is 3. The summed E-state index contributed by atoms with van der Waals surface area (Å²) >= 11 is 0.508. The lowest BCUT2D eigenvalue weighted by molar-refractivity contribution is -0.148. The summed E-state index contributed by atoms with van der Waals surface area (Å²) < 4.78 is 0. The molecule has 0 radical (unpaired) electrons. The summed E-state index contributed by atoms with van der Waals surface area (Å²) in [4.78, 5) is 49.7. The van der Waals surface area contributed by atoms with Crippen molar-refractivity contribution in [1.29, 1.82) is 0 Å². The quantitative estimate of drug-likeness (QED) is 0.162. The number of aliphatic hydroxyl groups is 3. The van der Waals surface area contributed by atoms with Gasteiger partial charge in [0.25, 0.3) is 0 Å². The first-order chi connectivity index (χ1) is 16.4. The summed E-state index contributed by atoms with van der Waals surface area (Å²) in [7, 11) is 0. The molecule has 2 amide bonds. The Labute approximate surface area is 209 Å². The molecular weight excluding hydrogens is 476 g/mol. The first-order valence-electron chi connectivity index (χ1n) is 12.1. The minimum Gasteiger partial charge on any atom is -0.480 e. The van der Waals surface area contributed by atoms with E-state index in [9.17, 15) is 39.6 Å². The van der Waals surface area contributed by atoms with Gasteiger partial charge in [-0.3, -0.25) is 14.4 Å². The van der Waals surface area contributed by atoms with Crippen LogP contribution >= 0.6 is 11.8 Å². The Hall–Kier alpha value is -1.95. The number of hydrogen-bond donors (Lipinski definition) is 6. The van der Waals surface area contributed by atoms with Crippen molar-refractivity contribution in [3.63, 3.8) is 0 Å². The van der Waals surface area contributed by atoms with Crippen LogP contribution < -0.4 is 10.6 Å². The number of allylic oxidation sites excluding steroid dienone is 1. The number of nitrogens with one attached hydrogen (secondary N) is 2. The van der Waals surface area contributed by atoms with Gasteiger partial charge in [-0.2, -0.15) is 0 Å². The van der Waals surface area contributed by atoms with Crippen molar-refractivity contribution in [3.8, 4) is 0 Å². The Bertz CT molecular complexity index is 832. The van der Waals surface area contributed by atoms with Gasteiger partial charge in [-0.05, 0) is 32.6 Å². The van der Waals surface area contributed by atoms with E-state index < -0.39 is 64.1 Å². The maximum atomic E-state index is 13.7. The molecule has 0 saturated carbocycles. The van der Waals surface area contributed by atoms with Gasteiger partial charge in [0.05, 0.1) is 18.1 Å². The summed E-state index contributed by atoms with van der Waals surface area (Å²) in [5, 5.41) is 47.3. The number of aliphatic carboxylic acids is 1. The average molecular weight is 515 g/mol. The standard InChI is InChI=1S/C24H38N2O8S/c1-4-5-7-12-17(28)18-20(30)26-24(23(18,3)34,19(29)15-10-8-6-9-11-15)22(33)35-13-16(21(31)32)25-14(2)27/h8,10,15-19,28-29,34H,4-7,9,11-13H2,1-3H3,(H,25,27)(H,26,30)(H,31,32)/t15-,16?,17?,18+,19?,23+,24+/m1/s1. The summed E-state index contributed by atoms with van der Waals surface area (Å²) in [6.07, 6.45) is 5.51. The Balaban J connectivity index is 2.42. The second kappa shape index (κ2) is 12.3. The smallest absolute Gasteiger partial charge is 0.327 e. The van der Waals surface area contributed by atoms with Crippen LogP contribution in [-0.4, -0.2) is 78.5 Å². The monoisotopic (exact) mass is 514 g/mol. The van der Waals surface area contributed by atoms with E-state index in [-0.39, 0.29) is 12.2 Å². The number of aliphatic hydroxyl groups excluding tert-OH is 2. The van der Waals surface area contributed by atoms with Gasteiger partial charge in [0, 0.05) is 18.6 Å². The number of carboxylic acids is 1. The maximum absolute atomic E-state index is 13.7. The second-order valence-electron chi connectivity index (χ2n) is 9.64. The molecular formula is C24H38N2O8S. The molecule has 1 aliphatic heterocycles. The molecule has 1 fully saturated rings. The normalized spacial score (nSPS) is 30.9. The molecule has 1 saturated heterocycles. The lowest BCUT2D eigenvalue weighted by atomic mass is 9.68. The number of carbonyl (C=O) groups is 4. The van der Waals surface area contributed by atoms with Crippen molar-refractivity contribution >= 4 is 34.7 Å². The zero-order valence-electron chi connectivity index (χ0n) is 20.5. The van der Waals surface area contributed by atoms with E-state index >= 15 is 0 Å². The van der Waals surface area contributed by atoms with Gasteiger partial charge in [-0.1, -0.05) is 50.1 Å². The number of thioether (sulfide) groups is 1. The highest BCUT2D eigenvalue weighted by Crippen LogP contribution is 2.46. The summed E-state index contributed by atoms with van der Waals surface area (Å²) in [6, 6.07) is -1.39. The van der Waals surface area contributed by atoms with Crippen molar-refractivity contribution in [3.05, 3.63) is 12.2 Å². The van der Waals surface area contributed by atoms with Crippen LogP contribution in [0.5, 0.6) is 0 Å². The molecule has 1 aliphatic carbocycles. The fourth-order valence-corrected chi connectivity index (χ4v) is 6.24. The van der Waals surface area contributed by atoms with Crippen LogP contribution in [-0.2, 0) is 19.2 Å². The highest BCUT2D eigenvalue weighted by atomic mass is 32.2. The zero-order chi connectivity index (χ0) is 26.4. The number of hydrogen-bond acceptors (Lipinski definition) is 8. The van der Waals surface area contributed by atoms with Crippen LogP contribution in [0.15, 0.2) is 12.2 Å². The molecule has 0 aromatic rings. The Morgan fingerprint density at radius 3 is 2.51 bits per heavy atom. The molecule has 6 N–H and O–H groups in total. The molecule has 11 heteroatoms. The van der Waals surface area contributed by atoms with Crippen molar-refractivity contribution in [1.82, 2.24) is 10.6 Å². The van der Waals surface area contributed by atoms with E-state index in [1.807, 2.05) is 13.0 Å². The van der Waals surface area contributed by atoms with Crippen LogP contribution in [0.3, 0.4) is 0 Å². The van der Waals surface area contributed by atoms with Gasteiger partial charge >= 0.3 is 5.97 Å².